The van der Waals surface area contributed by atoms with Gasteiger partial charge in [0.15, 0.2) is 0 Å². The number of methoxy groups -OCH3 is 1. The number of carbonyl (C=O) groups is 2. The Balaban J connectivity index is 1.10. The molecular formula is C47H73N3O3. The standard InChI is InChI=1S/C47H73N3O3/c1-31(2)35-17-24-47(48-27-30-50-28-20-33(21-29-50)41(51)49(8)9)26-25-45(6)37(40(35)47)15-16-39-44(5)22-18-36(32-11-13-34(14-12-32)42(52)53-10)43(3,4)38(44)19-23-46(39,45)7/h11-14,18,31,33,35,37-40,48H,15-17,19-30H2,1-10H3/t35-,37+,38-,39+,40+,44-,45+,46+,47-/m0/s1. The van der Waals surface area contributed by atoms with Gasteiger partial charge in [-0.2, -0.15) is 0 Å². The topological polar surface area (TPSA) is 61.9 Å². The highest BCUT2D eigenvalue weighted by Gasteiger charge is 2.70. The largest absolute Gasteiger partial charge is 0.465 e. The van der Waals surface area contributed by atoms with Gasteiger partial charge in [0.25, 0.3) is 0 Å². The molecule has 294 valence electrons. The van der Waals surface area contributed by atoms with Crippen LogP contribution in [-0.2, 0) is 9.53 Å². The monoisotopic (exact) mass is 728 g/mol. The third kappa shape index (κ3) is 6.18. The molecule has 0 spiro atoms. The zero-order valence-corrected chi connectivity index (χ0v) is 35.2. The van der Waals surface area contributed by atoms with E-state index in [4.69, 9.17) is 4.74 Å². The van der Waals surface area contributed by atoms with E-state index >= 15 is 0 Å². The molecule has 53 heavy (non-hydrogen) atoms. The van der Waals surface area contributed by atoms with E-state index in [9.17, 15) is 9.59 Å². The second kappa shape index (κ2) is 14.1. The lowest BCUT2D eigenvalue weighted by Crippen LogP contribution is -2.68. The summed E-state index contributed by atoms with van der Waals surface area (Å²) in [5.74, 6) is 4.68. The van der Waals surface area contributed by atoms with E-state index < -0.39 is 0 Å². The lowest BCUT2D eigenvalue weighted by molar-refractivity contribution is -0.221. The molecule has 1 N–H and O–H groups in total. The fraction of sp³-hybridized carbons (Fsp3) is 0.787. The molecule has 6 heteroatoms. The van der Waals surface area contributed by atoms with Gasteiger partial charge < -0.3 is 19.9 Å². The second-order valence-corrected chi connectivity index (χ2v) is 20.7. The summed E-state index contributed by atoms with van der Waals surface area (Å²) >= 11 is 0. The van der Waals surface area contributed by atoms with Crippen molar-refractivity contribution in [1.82, 2.24) is 15.1 Å². The second-order valence-electron chi connectivity index (χ2n) is 20.7. The quantitative estimate of drug-likeness (QED) is 0.271. The van der Waals surface area contributed by atoms with E-state index in [-0.39, 0.29) is 28.3 Å². The van der Waals surface area contributed by atoms with Crippen molar-refractivity contribution in [3.63, 3.8) is 0 Å². The van der Waals surface area contributed by atoms with Crippen LogP contribution in [0.4, 0.5) is 0 Å². The van der Waals surface area contributed by atoms with E-state index in [1.54, 1.807) is 4.90 Å². The molecule has 0 aromatic heterocycles. The number of hydrogen-bond acceptors (Lipinski definition) is 5. The van der Waals surface area contributed by atoms with E-state index in [1.165, 1.54) is 69.6 Å². The summed E-state index contributed by atoms with van der Waals surface area (Å²) in [6.45, 7) is 22.6. The number of allylic oxidation sites excluding steroid dienone is 2. The maximum absolute atomic E-state index is 12.6. The van der Waals surface area contributed by atoms with E-state index in [1.807, 2.05) is 26.2 Å². The SMILES string of the molecule is COC(=O)c1ccc(C2=CC[C@]3(C)[C@H]4CC[C@@H]5[C@H]6[C@H](C(C)C)CC[C@]6(NCCN6CCC(C(=O)N(C)C)CC6)CC[C@@]5(C)[C@]4(C)CC[C@H]3C2(C)C)cc1. The van der Waals surface area contributed by atoms with Gasteiger partial charge >= 0.3 is 5.97 Å². The summed E-state index contributed by atoms with van der Waals surface area (Å²) < 4.78 is 4.98. The number of hydrogen-bond donors (Lipinski definition) is 1. The van der Waals surface area contributed by atoms with Crippen LogP contribution >= 0.6 is 0 Å². The first-order valence-electron chi connectivity index (χ1n) is 21.6. The number of piperidine rings is 1. The highest BCUT2D eigenvalue weighted by molar-refractivity contribution is 5.90. The number of ether oxygens (including phenoxy) is 1. The van der Waals surface area contributed by atoms with E-state index in [0.717, 1.165) is 75.0 Å². The van der Waals surface area contributed by atoms with E-state index in [2.05, 4.69) is 76.9 Å². The first-order chi connectivity index (χ1) is 25.0. The van der Waals surface area contributed by atoms with Gasteiger partial charge in [-0.3, -0.25) is 4.79 Å². The Morgan fingerprint density at radius 1 is 0.868 bits per heavy atom. The molecule has 1 amide bonds. The van der Waals surface area contributed by atoms with Crippen molar-refractivity contribution in [2.75, 3.05) is 47.4 Å². The molecule has 1 heterocycles. The van der Waals surface area contributed by atoms with Crippen molar-refractivity contribution in [3.05, 3.63) is 41.5 Å². The van der Waals surface area contributed by atoms with Crippen LogP contribution in [0, 0.1) is 63.1 Å². The van der Waals surface area contributed by atoms with E-state index in [0.29, 0.717) is 28.2 Å². The van der Waals surface area contributed by atoms with Gasteiger partial charge in [0.2, 0.25) is 5.91 Å². The Morgan fingerprint density at radius 3 is 2.21 bits per heavy atom. The predicted octanol–water partition coefficient (Wildman–Crippen LogP) is 9.35. The fourth-order valence-corrected chi connectivity index (χ4v) is 14.9. The first kappa shape index (κ1) is 39.1. The van der Waals surface area contributed by atoms with Crippen molar-refractivity contribution in [3.8, 4) is 0 Å². The van der Waals surface area contributed by atoms with Crippen LogP contribution in [0.15, 0.2) is 30.3 Å². The average Bonchev–Trinajstić information content (AvgIpc) is 3.51. The maximum Gasteiger partial charge on any atom is 0.337 e. The Morgan fingerprint density at radius 2 is 1.57 bits per heavy atom. The first-order valence-corrected chi connectivity index (χ1v) is 21.6. The molecule has 1 saturated heterocycles. The number of rotatable bonds is 8. The molecule has 5 aliphatic carbocycles. The fourth-order valence-electron chi connectivity index (χ4n) is 14.9. The molecule has 4 saturated carbocycles. The molecular weight excluding hydrogens is 655 g/mol. The molecule has 6 aliphatic rings. The van der Waals surface area contributed by atoms with Crippen LogP contribution in [0.5, 0.6) is 0 Å². The number of fused-ring (bicyclic) bond motifs is 7. The molecule has 1 aromatic rings. The normalized spacial score (nSPS) is 39.7. The van der Waals surface area contributed by atoms with Gasteiger partial charge in [-0.25, -0.2) is 4.79 Å². The van der Waals surface area contributed by atoms with Gasteiger partial charge in [-0.1, -0.05) is 66.7 Å². The van der Waals surface area contributed by atoms with Crippen LogP contribution < -0.4 is 5.32 Å². The van der Waals surface area contributed by atoms with Crippen molar-refractivity contribution < 1.29 is 14.3 Å². The van der Waals surface area contributed by atoms with Crippen molar-refractivity contribution in [1.29, 1.82) is 0 Å². The van der Waals surface area contributed by atoms with Gasteiger partial charge in [-0.05, 0) is 164 Å². The van der Waals surface area contributed by atoms with Crippen LogP contribution in [-0.4, -0.2) is 74.6 Å². The minimum absolute atomic E-state index is 0.0653. The van der Waals surface area contributed by atoms with Gasteiger partial charge in [-0.15, -0.1) is 0 Å². The number of esters is 1. The predicted molar refractivity (Wildman–Crippen MR) is 216 cm³/mol. The molecule has 1 aliphatic heterocycles. The zero-order chi connectivity index (χ0) is 38.1. The minimum Gasteiger partial charge on any atom is -0.465 e. The molecule has 7 rings (SSSR count). The smallest absolute Gasteiger partial charge is 0.337 e. The van der Waals surface area contributed by atoms with Crippen LogP contribution in [0.25, 0.3) is 5.57 Å². The third-order valence-corrected chi connectivity index (χ3v) is 17.8. The molecule has 0 bridgehead atoms. The Bertz CT molecular complexity index is 1560. The number of benzene rings is 1. The summed E-state index contributed by atoms with van der Waals surface area (Å²) in [6, 6.07) is 8.17. The summed E-state index contributed by atoms with van der Waals surface area (Å²) in [4.78, 5) is 29.2. The third-order valence-electron chi connectivity index (χ3n) is 17.8. The van der Waals surface area contributed by atoms with Gasteiger partial charge in [0.1, 0.15) is 0 Å². The maximum atomic E-state index is 12.6. The molecule has 9 atom stereocenters. The molecule has 1 aromatic carbocycles. The van der Waals surface area contributed by atoms with Crippen molar-refractivity contribution in [2.45, 2.75) is 125 Å². The summed E-state index contributed by atoms with van der Waals surface area (Å²) in [5.41, 5.74) is 4.67. The minimum atomic E-state index is -0.268. The Hall–Kier alpha value is -2.18. The summed E-state index contributed by atoms with van der Waals surface area (Å²) in [5, 5.41) is 4.36. The number of carbonyl (C=O) groups excluding carboxylic acids is 2. The lowest BCUT2D eigenvalue weighted by atomic mass is 9.33. The highest BCUT2D eigenvalue weighted by atomic mass is 16.5. The van der Waals surface area contributed by atoms with Crippen LogP contribution in [0.1, 0.15) is 135 Å². The molecule has 5 fully saturated rings. The number of nitrogens with zero attached hydrogens (tertiary/aromatic N) is 2. The summed E-state index contributed by atoms with van der Waals surface area (Å²) in [6.07, 6.45) is 16.6. The zero-order valence-electron chi connectivity index (χ0n) is 35.2. The molecule has 0 radical (unpaired) electrons. The molecule has 6 nitrogen and oxygen atoms in total. The highest BCUT2D eigenvalue weighted by Crippen LogP contribution is 2.76. The van der Waals surface area contributed by atoms with Crippen molar-refractivity contribution in [2.24, 2.45) is 63.1 Å². The average molecular weight is 728 g/mol. The van der Waals surface area contributed by atoms with Gasteiger partial charge in [0.05, 0.1) is 12.7 Å². The molecule has 0 unspecified atom stereocenters. The number of amides is 1. The Kier molecular flexibility index (Phi) is 10.4. The number of nitrogens with one attached hydrogen (secondary N) is 1. The van der Waals surface area contributed by atoms with Gasteiger partial charge in [0, 0.05) is 38.6 Å². The van der Waals surface area contributed by atoms with Crippen LogP contribution in [0.3, 0.4) is 0 Å². The lowest BCUT2D eigenvalue weighted by Gasteiger charge is -2.72. The van der Waals surface area contributed by atoms with Crippen LogP contribution in [0.2, 0.25) is 0 Å². The Labute approximate surface area is 322 Å². The van der Waals surface area contributed by atoms with Crippen molar-refractivity contribution >= 4 is 17.4 Å². The summed E-state index contributed by atoms with van der Waals surface area (Å²) in [7, 11) is 5.25. The number of likely N-dealkylation sites (tertiary alicyclic amines) is 1.